The summed E-state index contributed by atoms with van der Waals surface area (Å²) in [5.41, 5.74) is 1.08. The van der Waals surface area contributed by atoms with Crippen LogP contribution in [0.1, 0.15) is 22.5 Å². The number of hydrogen-bond donors (Lipinski definition) is 3. The fourth-order valence-electron chi connectivity index (χ4n) is 1.25. The van der Waals surface area contributed by atoms with Gasteiger partial charge in [-0.3, -0.25) is 15.7 Å². The summed E-state index contributed by atoms with van der Waals surface area (Å²) in [5, 5.41) is 20.3. The van der Waals surface area contributed by atoms with Crippen LogP contribution >= 0.6 is 11.3 Å². The van der Waals surface area contributed by atoms with Gasteiger partial charge in [-0.25, -0.2) is 9.82 Å². The van der Waals surface area contributed by atoms with Crippen molar-refractivity contribution in [1.82, 2.24) is 15.7 Å². The van der Waals surface area contributed by atoms with Gasteiger partial charge in [-0.15, -0.1) is 11.3 Å². The number of hydrogen-bond acceptors (Lipinski definition) is 7. The van der Waals surface area contributed by atoms with Crippen LogP contribution in [-0.4, -0.2) is 34.1 Å². The molecular formula is C9H17N3O3S. The van der Waals surface area contributed by atoms with Crippen molar-refractivity contribution in [3.8, 4) is 0 Å². The molecule has 3 N–H and O–H groups in total. The zero-order valence-corrected chi connectivity index (χ0v) is 10.3. The van der Waals surface area contributed by atoms with Gasteiger partial charge >= 0.3 is 0 Å². The molecule has 0 radical (unpaired) electrons. The second-order valence-corrected chi connectivity index (χ2v) is 4.41. The highest BCUT2D eigenvalue weighted by atomic mass is 32.1. The molecule has 0 aromatic carbocycles. The average molecular weight is 247 g/mol. The lowest BCUT2D eigenvalue weighted by Gasteiger charge is -2.06. The molecule has 1 rings (SSSR count). The van der Waals surface area contributed by atoms with E-state index >= 15 is 0 Å². The van der Waals surface area contributed by atoms with Crippen LogP contribution < -0.4 is 5.32 Å². The van der Waals surface area contributed by atoms with Gasteiger partial charge in [-0.05, 0) is 19.8 Å². The SMILES string of the molecule is CCc1nc(C)c(CCNCON(O)O)s1. The van der Waals surface area contributed by atoms with Gasteiger partial charge in [-0.1, -0.05) is 6.92 Å². The van der Waals surface area contributed by atoms with E-state index in [1.54, 1.807) is 11.3 Å². The number of rotatable bonds is 7. The van der Waals surface area contributed by atoms with Gasteiger partial charge in [-0.2, -0.15) is 0 Å². The van der Waals surface area contributed by atoms with Gasteiger partial charge in [0.05, 0.1) is 16.1 Å². The smallest absolute Gasteiger partial charge is 0.124 e. The standard InChI is InChI=1S/C9H17N3O3S/c1-3-9-11-7(2)8(16-9)4-5-10-6-15-12(13)14/h10,13-14H,3-6H2,1-2H3. The fraction of sp³-hybridized carbons (Fsp3) is 0.667. The molecule has 16 heavy (non-hydrogen) atoms. The van der Waals surface area contributed by atoms with Gasteiger partial charge < -0.3 is 0 Å². The molecule has 1 heterocycles. The average Bonchev–Trinajstić information content (AvgIpc) is 2.59. The molecule has 7 heteroatoms. The van der Waals surface area contributed by atoms with Crippen LogP contribution in [0, 0.1) is 6.92 Å². The van der Waals surface area contributed by atoms with Gasteiger partial charge in [0.1, 0.15) is 6.73 Å². The molecule has 92 valence electrons. The molecule has 0 saturated heterocycles. The van der Waals surface area contributed by atoms with E-state index < -0.39 is 0 Å². The van der Waals surface area contributed by atoms with Crippen LogP contribution in [-0.2, 0) is 17.7 Å². The Kier molecular flexibility index (Phi) is 5.81. The molecule has 0 bridgehead atoms. The summed E-state index contributed by atoms with van der Waals surface area (Å²) in [6, 6.07) is 0. The Morgan fingerprint density at radius 3 is 2.81 bits per heavy atom. The molecule has 0 atom stereocenters. The lowest BCUT2D eigenvalue weighted by Crippen LogP contribution is -2.26. The van der Waals surface area contributed by atoms with E-state index in [0.29, 0.717) is 6.54 Å². The Balaban J connectivity index is 2.23. The third-order valence-corrected chi connectivity index (χ3v) is 3.41. The highest BCUT2D eigenvalue weighted by Crippen LogP contribution is 2.18. The molecule has 1 aromatic heterocycles. The Labute approximate surface area is 98.4 Å². The first-order valence-corrected chi connectivity index (χ1v) is 5.91. The largest absolute Gasteiger partial charge is 0.293 e. The second-order valence-electron chi connectivity index (χ2n) is 3.25. The minimum atomic E-state index is -0.305. The van der Waals surface area contributed by atoms with E-state index in [-0.39, 0.29) is 12.1 Å². The topological polar surface area (TPSA) is 77.9 Å². The van der Waals surface area contributed by atoms with E-state index in [1.165, 1.54) is 4.88 Å². The Bertz CT molecular complexity index is 317. The lowest BCUT2D eigenvalue weighted by molar-refractivity contribution is -0.493. The van der Waals surface area contributed by atoms with E-state index in [1.807, 2.05) is 6.92 Å². The lowest BCUT2D eigenvalue weighted by atomic mass is 10.3. The number of thiazole rings is 1. The molecule has 0 fully saturated rings. The molecule has 0 aliphatic carbocycles. The number of nitrogens with zero attached hydrogens (tertiary/aromatic N) is 2. The Morgan fingerprint density at radius 2 is 2.25 bits per heavy atom. The summed E-state index contributed by atoms with van der Waals surface area (Å²) in [5.74, 6) is 0. The second kappa shape index (κ2) is 6.89. The predicted octanol–water partition coefficient (Wildman–Crippen LogP) is 1.12. The quantitative estimate of drug-likeness (QED) is 0.381. The molecular weight excluding hydrogens is 230 g/mol. The Hall–Kier alpha value is -0.570. The van der Waals surface area contributed by atoms with E-state index in [9.17, 15) is 0 Å². The van der Waals surface area contributed by atoms with Crippen molar-refractivity contribution in [1.29, 1.82) is 0 Å². The third-order valence-electron chi connectivity index (χ3n) is 2.05. The van der Waals surface area contributed by atoms with E-state index in [0.717, 1.165) is 23.5 Å². The fourth-order valence-corrected chi connectivity index (χ4v) is 2.26. The van der Waals surface area contributed by atoms with Crippen LogP contribution in [0.2, 0.25) is 0 Å². The summed E-state index contributed by atoms with van der Waals surface area (Å²) in [6.45, 7) is 4.86. The minimum absolute atomic E-state index is 0.0610. The van der Waals surface area contributed by atoms with Gasteiger partial charge in [0.2, 0.25) is 0 Å². The van der Waals surface area contributed by atoms with Crippen molar-refractivity contribution in [2.75, 3.05) is 13.3 Å². The van der Waals surface area contributed by atoms with Crippen molar-refractivity contribution in [3.63, 3.8) is 0 Å². The molecule has 1 aromatic rings. The maximum Gasteiger partial charge on any atom is 0.124 e. The van der Waals surface area contributed by atoms with E-state index in [2.05, 4.69) is 22.1 Å². The van der Waals surface area contributed by atoms with Crippen LogP contribution in [0.15, 0.2) is 0 Å². The summed E-state index contributed by atoms with van der Waals surface area (Å²) >= 11 is 1.72. The van der Waals surface area contributed by atoms with Crippen LogP contribution in [0.3, 0.4) is 0 Å². The highest BCUT2D eigenvalue weighted by Gasteiger charge is 2.05. The van der Waals surface area contributed by atoms with Crippen LogP contribution in [0.4, 0.5) is 0 Å². The van der Waals surface area contributed by atoms with Crippen LogP contribution in [0.25, 0.3) is 0 Å². The summed E-state index contributed by atoms with van der Waals surface area (Å²) in [4.78, 5) is 10.0. The molecule has 0 saturated carbocycles. The van der Waals surface area contributed by atoms with Crippen LogP contribution in [0.5, 0.6) is 0 Å². The monoisotopic (exact) mass is 247 g/mol. The van der Waals surface area contributed by atoms with Gasteiger partial charge in [0.15, 0.2) is 0 Å². The molecule has 0 aliphatic heterocycles. The molecule has 0 spiro atoms. The number of aryl methyl sites for hydroxylation is 2. The Morgan fingerprint density at radius 1 is 1.50 bits per heavy atom. The predicted molar refractivity (Wildman–Crippen MR) is 59.3 cm³/mol. The van der Waals surface area contributed by atoms with Crippen molar-refractivity contribution in [2.24, 2.45) is 0 Å². The van der Waals surface area contributed by atoms with Crippen molar-refractivity contribution >= 4 is 11.3 Å². The van der Waals surface area contributed by atoms with Crippen molar-refractivity contribution < 1.29 is 15.3 Å². The molecule has 0 amide bonds. The van der Waals surface area contributed by atoms with Crippen molar-refractivity contribution in [3.05, 3.63) is 15.6 Å². The first kappa shape index (κ1) is 13.5. The highest BCUT2D eigenvalue weighted by molar-refractivity contribution is 7.11. The minimum Gasteiger partial charge on any atom is -0.293 e. The van der Waals surface area contributed by atoms with Gasteiger partial charge in [0.25, 0.3) is 0 Å². The molecule has 0 aliphatic rings. The normalized spacial score (nSPS) is 11.3. The summed E-state index contributed by atoms with van der Waals surface area (Å²) in [7, 11) is 0. The zero-order valence-electron chi connectivity index (χ0n) is 9.43. The third kappa shape index (κ3) is 4.52. The maximum absolute atomic E-state index is 8.27. The van der Waals surface area contributed by atoms with E-state index in [4.69, 9.17) is 10.4 Å². The molecule has 6 nitrogen and oxygen atoms in total. The summed E-state index contributed by atoms with van der Waals surface area (Å²) < 4.78 is 0. The number of aromatic nitrogens is 1. The van der Waals surface area contributed by atoms with Crippen molar-refractivity contribution in [2.45, 2.75) is 26.7 Å². The summed E-state index contributed by atoms with van der Waals surface area (Å²) in [6.07, 6.45) is 1.83. The first-order chi connectivity index (χ1) is 7.63. The zero-order chi connectivity index (χ0) is 12.0. The number of nitrogens with one attached hydrogen (secondary N) is 1. The maximum atomic E-state index is 8.27. The first-order valence-electron chi connectivity index (χ1n) is 5.10. The molecule has 0 unspecified atom stereocenters. The van der Waals surface area contributed by atoms with Gasteiger partial charge in [0, 0.05) is 11.4 Å².